The average Bonchev–Trinajstić information content (AvgIpc) is 2.15. The third-order valence-electron chi connectivity index (χ3n) is 1.52. The van der Waals surface area contributed by atoms with Crippen molar-refractivity contribution in [1.29, 1.82) is 0 Å². The third-order valence-corrected chi connectivity index (χ3v) is 1.52. The van der Waals surface area contributed by atoms with Gasteiger partial charge >= 0.3 is 11.9 Å². The van der Waals surface area contributed by atoms with Crippen LogP contribution in [0.1, 0.15) is 13.8 Å². The fourth-order valence-electron chi connectivity index (χ4n) is 0.363. The molecule has 0 fully saturated rings. The zero-order valence-corrected chi connectivity index (χ0v) is 8.75. The molecule has 0 aromatic carbocycles. The predicted molar refractivity (Wildman–Crippen MR) is 53.1 cm³/mol. The van der Waals surface area contributed by atoms with Crippen LogP contribution in [0.2, 0.25) is 0 Å². The van der Waals surface area contributed by atoms with E-state index in [0.717, 1.165) is 0 Å². The van der Waals surface area contributed by atoms with Crippen molar-refractivity contribution in [1.82, 2.24) is 0 Å². The van der Waals surface area contributed by atoms with Crippen molar-refractivity contribution >= 4 is 11.9 Å². The van der Waals surface area contributed by atoms with Crippen LogP contribution < -0.4 is 11.5 Å². The van der Waals surface area contributed by atoms with Crippen molar-refractivity contribution in [2.75, 3.05) is 6.61 Å². The first-order valence-electron chi connectivity index (χ1n) is 4.31. The molecule has 7 heteroatoms. The summed E-state index contributed by atoms with van der Waals surface area (Å²) in [4.78, 5) is 19.7. The Morgan fingerprint density at radius 3 is 1.53 bits per heavy atom. The van der Waals surface area contributed by atoms with Gasteiger partial charge in [-0.3, -0.25) is 9.59 Å². The maximum absolute atomic E-state index is 10.0. The van der Waals surface area contributed by atoms with Crippen LogP contribution in [0.3, 0.4) is 0 Å². The number of nitrogens with two attached hydrogens (primary N) is 2. The van der Waals surface area contributed by atoms with E-state index in [4.69, 9.17) is 26.8 Å². The van der Waals surface area contributed by atoms with Crippen LogP contribution in [0.4, 0.5) is 0 Å². The first-order valence-corrected chi connectivity index (χ1v) is 4.31. The van der Waals surface area contributed by atoms with Gasteiger partial charge in [-0.25, -0.2) is 0 Å². The molecule has 0 saturated heterocycles. The van der Waals surface area contributed by atoms with Gasteiger partial charge in [-0.2, -0.15) is 0 Å². The second-order valence-electron chi connectivity index (χ2n) is 3.24. The number of hydrogen-bond donors (Lipinski definition) is 5. The van der Waals surface area contributed by atoms with E-state index in [0.29, 0.717) is 0 Å². The van der Waals surface area contributed by atoms with E-state index < -0.39 is 30.6 Å². The van der Waals surface area contributed by atoms with E-state index in [9.17, 15) is 9.59 Å². The number of aliphatic carboxylic acids is 2. The predicted octanol–water partition coefficient (Wildman–Crippen LogP) is -1.56. The first-order chi connectivity index (χ1) is 6.73. The summed E-state index contributed by atoms with van der Waals surface area (Å²) in [5.74, 6) is -2.09. The van der Waals surface area contributed by atoms with Crippen molar-refractivity contribution in [3.63, 3.8) is 0 Å². The van der Waals surface area contributed by atoms with Crippen LogP contribution >= 0.6 is 0 Å². The summed E-state index contributed by atoms with van der Waals surface area (Å²) in [5.41, 5.74) is 9.93. The van der Waals surface area contributed by atoms with Gasteiger partial charge < -0.3 is 26.8 Å². The molecule has 2 unspecified atom stereocenters. The van der Waals surface area contributed by atoms with Crippen LogP contribution in [0, 0.1) is 5.92 Å². The number of carbonyl (C=O) groups is 2. The molecule has 90 valence electrons. The van der Waals surface area contributed by atoms with E-state index in [1.165, 1.54) is 0 Å². The van der Waals surface area contributed by atoms with Crippen LogP contribution in [0.15, 0.2) is 0 Å². The fraction of sp³-hybridized carbons (Fsp3) is 0.750. The number of aliphatic hydroxyl groups is 1. The topological polar surface area (TPSA) is 147 Å². The van der Waals surface area contributed by atoms with E-state index in [1.54, 1.807) is 13.8 Å². The van der Waals surface area contributed by atoms with Crippen molar-refractivity contribution in [2.24, 2.45) is 17.4 Å². The average molecular weight is 222 g/mol. The molecule has 0 aromatic heterocycles. The second kappa shape index (κ2) is 8.16. The molecule has 7 N–H and O–H groups in total. The van der Waals surface area contributed by atoms with Gasteiger partial charge in [0.15, 0.2) is 0 Å². The Hall–Kier alpha value is -1.18. The van der Waals surface area contributed by atoms with E-state index in [1.807, 2.05) is 0 Å². The van der Waals surface area contributed by atoms with Gasteiger partial charge in [-0.15, -0.1) is 0 Å². The summed E-state index contributed by atoms with van der Waals surface area (Å²) in [5, 5.41) is 24.1. The molecule has 0 aliphatic rings. The van der Waals surface area contributed by atoms with Gasteiger partial charge in [0.25, 0.3) is 0 Å². The Balaban J connectivity index is 0. The SMILES string of the molecule is CC(C)C(N)C(=O)O.NC(CO)C(=O)O. The van der Waals surface area contributed by atoms with Gasteiger partial charge in [0, 0.05) is 0 Å². The van der Waals surface area contributed by atoms with Crippen molar-refractivity contribution in [3.05, 3.63) is 0 Å². The fourth-order valence-corrected chi connectivity index (χ4v) is 0.363. The lowest BCUT2D eigenvalue weighted by Gasteiger charge is -2.07. The maximum Gasteiger partial charge on any atom is 0.322 e. The smallest absolute Gasteiger partial charge is 0.322 e. The molecule has 15 heavy (non-hydrogen) atoms. The number of carboxylic acid groups (broad SMARTS) is 2. The van der Waals surface area contributed by atoms with Crippen LogP contribution in [0.5, 0.6) is 0 Å². The standard InChI is InChI=1S/C5H11NO2.C3H7NO3/c1-3(2)4(6)5(7)8;4-2(1-5)3(6)7/h3-4H,6H2,1-2H3,(H,7,8);2,5H,1,4H2,(H,6,7). The Bertz CT molecular complexity index is 207. The molecule has 0 bridgehead atoms. The molecule has 2 atom stereocenters. The summed E-state index contributed by atoms with van der Waals surface area (Å²) in [6, 6.07) is -1.84. The minimum absolute atomic E-state index is 0.0208. The number of carboxylic acids is 2. The maximum atomic E-state index is 10.0. The summed E-state index contributed by atoms with van der Waals surface area (Å²) in [6.45, 7) is 3.05. The molecule has 0 aromatic rings. The number of hydrogen-bond acceptors (Lipinski definition) is 5. The highest BCUT2D eigenvalue weighted by Crippen LogP contribution is 1.96. The quantitative estimate of drug-likeness (QED) is 0.386. The molecule has 0 aliphatic carbocycles. The molecule has 0 aliphatic heterocycles. The largest absolute Gasteiger partial charge is 0.480 e. The zero-order valence-electron chi connectivity index (χ0n) is 8.75. The molecular weight excluding hydrogens is 204 g/mol. The summed E-state index contributed by atoms with van der Waals surface area (Å²) in [6.07, 6.45) is 0. The molecule has 0 radical (unpaired) electrons. The van der Waals surface area contributed by atoms with E-state index in [2.05, 4.69) is 0 Å². The molecule has 0 rings (SSSR count). The molecule has 7 nitrogen and oxygen atoms in total. The zero-order chi connectivity index (χ0) is 12.6. The van der Waals surface area contributed by atoms with Gasteiger partial charge in [-0.1, -0.05) is 13.8 Å². The van der Waals surface area contributed by atoms with Crippen molar-refractivity contribution < 1.29 is 24.9 Å². The van der Waals surface area contributed by atoms with Crippen LogP contribution in [-0.4, -0.2) is 45.9 Å². The minimum atomic E-state index is -1.18. The van der Waals surface area contributed by atoms with Gasteiger partial charge in [0.1, 0.15) is 12.1 Å². The Morgan fingerprint density at radius 1 is 1.13 bits per heavy atom. The second-order valence-corrected chi connectivity index (χ2v) is 3.24. The lowest BCUT2D eigenvalue weighted by molar-refractivity contribution is -0.140. The molecule has 0 amide bonds. The highest BCUT2D eigenvalue weighted by molar-refractivity contribution is 5.73. The lowest BCUT2D eigenvalue weighted by atomic mass is 10.1. The monoisotopic (exact) mass is 222 g/mol. The van der Waals surface area contributed by atoms with Crippen molar-refractivity contribution in [3.8, 4) is 0 Å². The van der Waals surface area contributed by atoms with Gasteiger partial charge in [-0.05, 0) is 5.92 Å². The summed E-state index contributed by atoms with van der Waals surface area (Å²) < 4.78 is 0. The van der Waals surface area contributed by atoms with Gasteiger partial charge in [0.05, 0.1) is 6.61 Å². The normalized spacial score (nSPS) is 13.7. The van der Waals surface area contributed by atoms with E-state index >= 15 is 0 Å². The van der Waals surface area contributed by atoms with Crippen LogP contribution in [-0.2, 0) is 9.59 Å². The summed E-state index contributed by atoms with van der Waals surface area (Å²) >= 11 is 0. The minimum Gasteiger partial charge on any atom is -0.480 e. The first kappa shape index (κ1) is 16.3. The van der Waals surface area contributed by atoms with Crippen molar-refractivity contribution in [2.45, 2.75) is 25.9 Å². The van der Waals surface area contributed by atoms with E-state index in [-0.39, 0.29) is 5.92 Å². The Kier molecular flexibility index (Phi) is 8.84. The Labute approximate surface area is 87.7 Å². The molecule has 0 spiro atoms. The highest BCUT2D eigenvalue weighted by atomic mass is 16.4. The van der Waals surface area contributed by atoms with Crippen LogP contribution in [0.25, 0.3) is 0 Å². The third kappa shape index (κ3) is 9.13. The number of aliphatic hydroxyl groups excluding tert-OH is 1. The molecule has 0 saturated carbocycles. The van der Waals surface area contributed by atoms with Gasteiger partial charge in [0.2, 0.25) is 0 Å². The summed E-state index contributed by atoms with van der Waals surface area (Å²) in [7, 11) is 0. The molecular formula is C8H18N2O5. The number of rotatable bonds is 4. The Morgan fingerprint density at radius 2 is 1.53 bits per heavy atom. The highest BCUT2D eigenvalue weighted by Gasteiger charge is 2.14. The lowest BCUT2D eigenvalue weighted by Crippen LogP contribution is -2.34. The molecule has 0 heterocycles.